The molecule has 0 unspecified atom stereocenters. The van der Waals surface area contributed by atoms with Crippen LogP contribution >= 0.6 is 0 Å². The number of para-hydroxylation sites is 2. The van der Waals surface area contributed by atoms with Gasteiger partial charge in [0.05, 0.1) is 25.1 Å². The summed E-state index contributed by atoms with van der Waals surface area (Å²) in [5, 5.41) is 10.4. The van der Waals surface area contributed by atoms with Crippen molar-refractivity contribution in [2.45, 2.75) is 25.5 Å². The summed E-state index contributed by atoms with van der Waals surface area (Å²) in [6, 6.07) is 18.1. The molecular formula is C29H33N5O6. The molecule has 3 atom stereocenters. The molecule has 2 aromatic carbocycles. The number of piperazine rings is 1. The Hall–Kier alpha value is -4.38. The number of likely N-dealkylation sites (tertiary alicyclic amines) is 1. The van der Waals surface area contributed by atoms with Crippen molar-refractivity contribution in [3.8, 4) is 5.75 Å². The number of aromatic nitrogens is 1. The topological polar surface area (TPSA) is 125 Å². The first kappa shape index (κ1) is 27.2. The Labute approximate surface area is 232 Å². The lowest BCUT2D eigenvalue weighted by molar-refractivity contribution is -0.151. The number of hydrogen-bond donors (Lipinski definition) is 2. The molecule has 210 valence electrons. The Morgan fingerprint density at radius 1 is 1.00 bits per heavy atom. The van der Waals surface area contributed by atoms with Gasteiger partial charge in [0.2, 0.25) is 11.8 Å². The van der Waals surface area contributed by atoms with Crippen molar-refractivity contribution in [2.75, 3.05) is 44.7 Å². The number of hydroxylamine groups is 1. The number of nitrogens with one attached hydrogen (secondary N) is 1. The average molecular weight is 548 g/mol. The zero-order valence-electron chi connectivity index (χ0n) is 22.5. The summed E-state index contributed by atoms with van der Waals surface area (Å²) in [4.78, 5) is 49.5. The van der Waals surface area contributed by atoms with E-state index in [2.05, 4.69) is 9.88 Å². The van der Waals surface area contributed by atoms with Gasteiger partial charge in [-0.3, -0.25) is 24.7 Å². The van der Waals surface area contributed by atoms with Crippen LogP contribution in [-0.2, 0) is 14.3 Å². The molecular weight excluding hydrogens is 514 g/mol. The maximum absolute atomic E-state index is 13.9. The van der Waals surface area contributed by atoms with Gasteiger partial charge in [0.15, 0.2) is 0 Å². The number of carbonyl (C=O) groups excluding carboxylic acids is 3. The summed E-state index contributed by atoms with van der Waals surface area (Å²) in [6.45, 7) is 3.95. The number of ether oxygens (including phenoxy) is 2. The third kappa shape index (κ3) is 5.50. The van der Waals surface area contributed by atoms with E-state index >= 15 is 0 Å². The standard InChI is InChI=1S/C29H33N5O6/c1-19-16-25(22-10-6-7-11-24(22)30-19)40-21-17-23(27(35)31-38)26(34(18-21)29(37)39-2)28(36)33-14-12-32(13-15-33)20-8-4-3-5-9-20/h3-11,16,21,23,26,38H,12-15,17-18H2,1-2H3,(H,31,35)/t21-,23-,26-/m0/s1. The minimum atomic E-state index is -1.15. The number of benzene rings is 2. The number of fused-ring (bicyclic) bond motifs is 1. The fraction of sp³-hybridized carbons (Fsp3) is 0.379. The van der Waals surface area contributed by atoms with E-state index in [1.165, 1.54) is 12.0 Å². The van der Waals surface area contributed by atoms with Crippen molar-refractivity contribution in [3.05, 3.63) is 66.4 Å². The van der Waals surface area contributed by atoms with Crippen LogP contribution in [0, 0.1) is 12.8 Å². The van der Waals surface area contributed by atoms with Gasteiger partial charge in [-0.05, 0) is 31.2 Å². The van der Waals surface area contributed by atoms with Gasteiger partial charge < -0.3 is 19.3 Å². The molecule has 0 saturated carbocycles. The van der Waals surface area contributed by atoms with Crippen LogP contribution in [0.5, 0.6) is 5.75 Å². The molecule has 0 radical (unpaired) electrons. The molecule has 0 bridgehead atoms. The zero-order chi connectivity index (χ0) is 28.2. The molecule has 2 aliphatic rings. The smallest absolute Gasteiger partial charge is 0.410 e. The summed E-state index contributed by atoms with van der Waals surface area (Å²) in [6.07, 6.45) is -1.29. The Balaban J connectivity index is 1.39. The Morgan fingerprint density at radius 3 is 2.40 bits per heavy atom. The molecule has 0 spiro atoms. The van der Waals surface area contributed by atoms with Crippen molar-refractivity contribution in [1.29, 1.82) is 0 Å². The van der Waals surface area contributed by atoms with Crippen molar-refractivity contribution >= 4 is 34.5 Å². The van der Waals surface area contributed by atoms with E-state index in [0.717, 1.165) is 22.3 Å². The third-order valence-corrected chi connectivity index (χ3v) is 7.56. The minimum absolute atomic E-state index is 0.0258. The fourth-order valence-corrected chi connectivity index (χ4v) is 5.62. The molecule has 3 amide bonds. The van der Waals surface area contributed by atoms with Crippen molar-refractivity contribution < 1.29 is 29.1 Å². The Bertz CT molecular complexity index is 1350. The fourth-order valence-electron chi connectivity index (χ4n) is 5.62. The van der Waals surface area contributed by atoms with Gasteiger partial charge in [-0.1, -0.05) is 30.3 Å². The van der Waals surface area contributed by atoms with Crippen molar-refractivity contribution in [2.24, 2.45) is 5.92 Å². The molecule has 2 aliphatic heterocycles. The predicted molar refractivity (Wildman–Crippen MR) is 147 cm³/mol. The number of methoxy groups -OCH3 is 1. The molecule has 0 aliphatic carbocycles. The van der Waals surface area contributed by atoms with E-state index in [0.29, 0.717) is 31.9 Å². The summed E-state index contributed by atoms with van der Waals surface area (Å²) in [5.41, 5.74) is 4.27. The number of anilines is 1. The van der Waals surface area contributed by atoms with Crippen LogP contribution in [0.1, 0.15) is 12.1 Å². The maximum atomic E-state index is 13.9. The lowest BCUT2D eigenvalue weighted by atomic mass is 9.86. The van der Waals surface area contributed by atoms with Gasteiger partial charge in [0, 0.05) is 55.4 Å². The highest BCUT2D eigenvalue weighted by Crippen LogP contribution is 2.32. The van der Waals surface area contributed by atoms with E-state index in [-0.39, 0.29) is 18.9 Å². The highest BCUT2D eigenvalue weighted by atomic mass is 16.5. The Morgan fingerprint density at radius 2 is 1.70 bits per heavy atom. The SMILES string of the molecule is COC(=O)N1C[C@@H](Oc2cc(C)nc3ccccc23)C[C@H](C(=O)NO)[C@H]1C(=O)N1CCN(c2ccccc2)CC1. The summed E-state index contributed by atoms with van der Waals surface area (Å²) in [7, 11) is 1.23. The lowest BCUT2D eigenvalue weighted by Gasteiger charge is -2.45. The highest BCUT2D eigenvalue weighted by molar-refractivity contribution is 5.93. The van der Waals surface area contributed by atoms with Crippen LogP contribution in [0.3, 0.4) is 0 Å². The van der Waals surface area contributed by atoms with Crippen LogP contribution < -0.4 is 15.1 Å². The van der Waals surface area contributed by atoms with Crippen molar-refractivity contribution in [1.82, 2.24) is 20.3 Å². The van der Waals surface area contributed by atoms with E-state index in [4.69, 9.17) is 9.47 Å². The van der Waals surface area contributed by atoms with Gasteiger partial charge in [0.1, 0.15) is 17.9 Å². The van der Waals surface area contributed by atoms with Gasteiger partial charge in [-0.2, -0.15) is 0 Å². The number of aryl methyl sites for hydroxylation is 1. The van der Waals surface area contributed by atoms with Crippen LogP contribution in [0.4, 0.5) is 10.5 Å². The first-order chi connectivity index (χ1) is 19.4. The van der Waals surface area contributed by atoms with Crippen LogP contribution in [0.25, 0.3) is 10.9 Å². The molecule has 3 heterocycles. The maximum Gasteiger partial charge on any atom is 0.410 e. The minimum Gasteiger partial charge on any atom is -0.488 e. The second kappa shape index (κ2) is 11.8. The van der Waals surface area contributed by atoms with E-state index in [1.807, 2.05) is 61.5 Å². The Kier molecular flexibility index (Phi) is 8.01. The molecule has 40 heavy (non-hydrogen) atoms. The number of piperidine rings is 1. The zero-order valence-corrected chi connectivity index (χ0v) is 22.5. The largest absolute Gasteiger partial charge is 0.488 e. The third-order valence-electron chi connectivity index (χ3n) is 7.56. The van der Waals surface area contributed by atoms with E-state index in [1.54, 1.807) is 16.4 Å². The molecule has 3 aromatic rings. The average Bonchev–Trinajstić information content (AvgIpc) is 3.00. The lowest BCUT2D eigenvalue weighted by Crippen LogP contribution is -2.64. The van der Waals surface area contributed by atoms with Crippen LogP contribution in [0.15, 0.2) is 60.7 Å². The van der Waals surface area contributed by atoms with Gasteiger partial charge >= 0.3 is 6.09 Å². The first-order valence-electron chi connectivity index (χ1n) is 13.3. The van der Waals surface area contributed by atoms with E-state index < -0.39 is 30.1 Å². The molecule has 5 rings (SSSR count). The van der Waals surface area contributed by atoms with Crippen LogP contribution in [0.2, 0.25) is 0 Å². The van der Waals surface area contributed by atoms with E-state index in [9.17, 15) is 19.6 Å². The molecule has 2 fully saturated rings. The number of pyridine rings is 1. The number of carbonyl (C=O) groups is 3. The first-order valence-corrected chi connectivity index (χ1v) is 13.3. The second-order valence-electron chi connectivity index (χ2n) is 10.1. The molecule has 1 aromatic heterocycles. The van der Waals surface area contributed by atoms with Gasteiger partial charge in [-0.15, -0.1) is 0 Å². The second-order valence-corrected chi connectivity index (χ2v) is 10.1. The van der Waals surface area contributed by atoms with Crippen molar-refractivity contribution in [3.63, 3.8) is 0 Å². The van der Waals surface area contributed by atoms with Gasteiger partial charge in [0.25, 0.3) is 0 Å². The number of amides is 3. The normalized spacial score (nSPS) is 21.2. The summed E-state index contributed by atoms with van der Waals surface area (Å²) in [5.74, 6) is -1.63. The number of rotatable bonds is 5. The molecule has 11 heteroatoms. The molecule has 2 saturated heterocycles. The number of hydrogen-bond acceptors (Lipinski definition) is 8. The quantitative estimate of drug-likeness (QED) is 0.369. The predicted octanol–water partition coefficient (Wildman–Crippen LogP) is 2.60. The number of nitrogens with zero attached hydrogens (tertiary/aromatic N) is 4. The monoisotopic (exact) mass is 547 g/mol. The highest BCUT2D eigenvalue weighted by Gasteiger charge is 2.49. The molecule has 2 N–H and O–H groups in total. The molecule has 11 nitrogen and oxygen atoms in total. The summed E-state index contributed by atoms with van der Waals surface area (Å²) < 4.78 is 11.4. The van der Waals surface area contributed by atoms with Gasteiger partial charge in [-0.25, -0.2) is 10.3 Å². The van der Waals surface area contributed by atoms with Crippen LogP contribution in [-0.4, -0.2) is 89.9 Å². The summed E-state index contributed by atoms with van der Waals surface area (Å²) >= 11 is 0.